The number of pyridine rings is 1. The minimum atomic E-state index is 0.626. The Bertz CT molecular complexity index is 553. The number of nitrogens with zero attached hydrogens (tertiary/aromatic N) is 4. The second kappa shape index (κ2) is 5.32. The third kappa shape index (κ3) is 2.66. The molecule has 2 heterocycles. The summed E-state index contributed by atoms with van der Waals surface area (Å²) in [5.41, 5.74) is 2.50. The number of likely N-dealkylation sites (N-methyl/N-ethyl adjacent to an activating group) is 1. The SMILES string of the molecule is Cc1nc(N(C)CCc2cnc[nH]2)ccc1C#N. The average molecular weight is 241 g/mol. The van der Waals surface area contributed by atoms with Crippen molar-refractivity contribution in [2.45, 2.75) is 13.3 Å². The molecule has 0 atom stereocenters. The van der Waals surface area contributed by atoms with Gasteiger partial charge in [-0.3, -0.25) is 0 Å². The van der Waals surface area contributed by atoms with Crippen LogP contribution in [0.25, 0.3) is 0 Å². The van der Waals surface area contributed by atoms with Gasteiger partial charge in [-0.1, -0.05) is 0 Å². The normalized spacial score (nSPS) is 10.1. The quantitative estimate of drug-likeness (QED) is 0.884. The first-order valence-electron chi connectivity index (χ1n) is 5.77. The fourth-order valence-corrected chi connectivity index (χ4v) is 1.70. The molecule has 0 fully saturated rings. The van der Waals surface area contributed by atoms with E-state index in [0.717, 1.165) is 30.2 Å². The molecule has 0 aromatic carbocycles. The number of anilines is 1. The van der Waals surface area contributed by atoms with Crippen LogP contribution in [-0.4, -0.2) is 28.5 Å². The van der Waals surface area contributed by atoms with E-state index in [4.69, 9.17) is 5.26 Å². The first-order chi connectivity index (χ1) is 8.70. The van der Waals surface area contributed by atoms with Gasteiger partial charge in [0, 0.05) is 31.9 Å². The van der Waals surface area contributed by atoms with Crippen LogP contribution in [0.2, 0.25) is 0 Å². The summed E-state index contributed by atoms with van der Waals surface area (Å²) in [6, 6.07) is 5.80. The van der Waals surface area contributed by atoms with E-state index in [1.165, 1.54) is 0 Å². The van der Waals surface area contributed by atoms with Gasteiger partial charge in [0.15, 0.2) is 0 Å². The fraction of sp³-hybridized carbons (Fsp3) is 0.308. The third-order valence-electron chi connectivity index (χ3n) is 2.85. The Labute approximate surface area is 106 Å². The lowest BCUT2D eigenvalue weighted by Crippen LogP contribution is -2.21. The van der Waals surface area contributed by atoms with E-state index in [1.807, 2.05) is 32.3 Å². The minimum Gasteiger partial charge on any atom is -0.359 e. The Morgan fingerprint density at radius 1 is 1.44 bits per heavy atom. The lowest BCUT2D eigenvalue weighted by molar-refractivity contribution is 0.841. The standard InChI is InChI=1S/C13H15N5/c1-10-11(7-14)3-4-13(17-10)18(2)6-5-12-8-15-9-16-12/h3-4,8-9H,5-6H2,1-2H3,(H,15,16). The van der Waals surface area contributed by atoms with Gasteiger partial charge in [0.2, 0.25) is 0 Å². The van der Waals surface area contributed by atoms with Gasteiger partial charge in [-0.15, -0.1) is 0 Å². The van der Waals surface area contributed by atoms with Crippen LogP contribution in [0.3, 0.4) is 0 Å². The molecule has 2 aromatic heterocycles. The summed E-state index contributed by atoms with van der Waals surface area (Å²) in [5.74, 6) is 0.881. The van der Waals surface area contributed by atoms with Gasteiger partial charge in [0.05, 0.1) is 17.6 Å². The van der Waals surface area contributed by atoms with Crippen molar-refractivity contribution >= 4 is 5.82 Å². The first-order valence-corrected chi connectivity index (χ1v) is 5.77. The topological polar surface area (TPSA) is 68.6 Å². The van der Waals surface area contributed by atoms with Gasteiger partial charge < -0.3 is 9.88 Å². The highest BCUT2D eigenvalue weighted by Gasteiger charge is 2.06. The molecular formula is C13H15N5. The lowest BCUT2D eigenvalue weighted by Gasteiger charge is -2.18. The van der Waals surface area contributed by atoms with Gasteiger partial charge in [-0.2, -0.15) is 5.26 Å². The molecule has 18 heavy (non-hydrogen) atoms. The molecule has 0 aliphatic rings. The van der Waals surface area contributed by atoms with Gasteiger partial charge in [-0.25, -0.2) is 9.97 Å². The maximum Gasteiger partial charge on any atom is 0.128 e. The molecule has 2 aromatic rings. The summed E-state index contributed by atoms with van der Waals surface area (Å²) in [4.78, 5) is 13.5. The number of nitrogens with one attached hydrogen (secondary N) is 1. The first kappa shape index (κ1) is 12.1. The van der Waals surface area contributed by atoms with Crippen molar-refractivity contribution in [1.82, 2.24) is 15.0 Å². The molecular weight excluding hydrogens is 226 g/mol. The minimum absolute atomic E-state index is 0.626. The van der Waals surface area contributed by atoms with E-state index < -0.39 is 0 Å². The van der Waals surface area contributed by atoms with Crippen molar-refractivity contribution in [3.63, 3.8) is 0 Å². The molecule has 0 spiro atoms. The second-order valence-corrected chi connectivity index (χ2v) is 4.16. The molecule has 5 nitrogen and oxygen atoms in total. The van der Waals surface area contributed by atoms with Gasteiger partial charge >= 0.3 is 0 Å². The van der Waals surface area contributed by atoms with E-state index in [0.29, 0.717) is 5.56 Å². The Hall–Kier alpha value is -2.35. The number of aromatic amines is 1. The lowest BCUT2D eigenvalue weighted by atomic mass is 10.2. The third-order valence-corrected chi connectivity index (χ3v) is 2.85. The van der Waals surface area contributed by atoms with Crippen LogP contribution in [0.15, 0.2) is 24.7 Å². The number of H-pyrrole nitrogens is 1. The maximum atomic E-state index is 8.86. The number of hydrogen-bond donors (Lipinski definition) is 1. The van der Waals surface area contributed by atoms with E-state index in [-0.39, 0.29) is 0 Å². The highest BCUT2D eigenvalue weighted by atomic mass is 15.2. The van der Waals surface area contributed by atoms with Crippen LogP contribution in [-0.2, 0) is 6.42 Å². The maximum absolute atomic E-state index is 8.86. The monoisotopic (exact) mass is 241 g/mol. The summed E-state index contributed by atoms with van der Waals surface area (Å²) in [6.45, 7) is 2.70. The molecule has 0 amide bonds. The van der Waals surface area contributed by atoms with Gasteiger partial charge in [0.25, 0.3) is 0 Å². The van der Waals surface area contributed by atoms with Crippen molar-refractivity contribution in [2.24, 2.45) is 0 Å². The molecule has 92 valence electrons. The summed E-state index contributed by atoms with van der Waals surface area (Å²) < 4.78 is 0. The van der Waals surface area contributed by atoms with E-state index in [1.54, 1.807) is 6.33 Å². The fourth-order valence-electron chi connectivity index (χ4n) is 1.70. The van der Waals surface area contributed by atoms with Crippen LogP contribution < -0.4 is 4.90 Å². The molecule has 5 heteroatoms. The molecule has 0 aliphatic heterocycles. The Morgan fingerprint density at radius 2 is 2.28 bits per heavy atom. The van der Waals surface area contributed by atoms with Gasteiger partial charge in [-0.05, 0) is 19.1 Å². The molecule has 0 saturated heterocycles. The zero-order valence-electron chi connectivity index (χ0n) is 10.5. The smallest absolute Gasteiger partial charge is 0.128 e. The van der Waals surface area contributed by atoms with E-state index in [2.05, 4.69) is 25.9 Å². The number of hydrogen-bond acceptors (Lipinski definition) is 4. The van der Waals surface area contributed by atoms with Crippen molar-refractivity contribution < 1.29 is 0 Å². The average Bonchev–Trinajstić information content (AvgIpc) is 2.89. The van der Waals surface area contributed by atoms with Crippen molar-refractivity contribution in [3.8, 4) is 6.07 Å². The van der Waals surface area contributed by atoms with Crippen LogP contribution in [0.1, 0.15) is 17.0 Å². The summed E-state index contributed by atoms with van der Waals surface area (Å²) in [5, 5.41) is 8.86. The molecule has 1 N–H and O–H groups in total. The molecule has 0 aliphatic carbocycles. The Morgan fingerprint density at radius 3 is 2.89 bits per heavy atom. The highest BCUT2D eigenvalue weighted by Crippen LogP contribution is 2.13. The number of rotatable bonds is 4. The zero-order chi connectivity index (χ0) is 13.0. The molecule has 0 saturated carbocycles. The van der Waals surface area contributed by atoms with E-state index >= 15 is 0 Å². The molecule has 0 bridgehead atoms. The van der Waals surface area contributed by atoms with Crippen molar-refractivity contribution in [3.05, 3.63) is 41.6 Å². The molecule has 2 rings (SSSR count). The second-order valence-electron chi connectivity index (χ2n) is 4.16. The highest BCUT2D eigenvalue weighted by molar-refractivity contribution is 5.44. The van der Waals surface area contributed by atoms with Crippen LogP contribution >= 0.6 is 0 Å². The molecule has 0 radical (unpaired) electrons. The van der Waals surface area contributed by atoms with Crippen molar-refractivity contribution in [1.29, 1.82) is 5.26 Å². The predicted octanol–water partition coefficient (Wildman–Crippen LogP) is 1.66. The Balaban J connectivity index is 2.03. The van der Waals surface area contributed by atoms with Crippen LogP contribution in [0.4, 0.5) is 5.82 Å². The van der Waals surface area contributed by atoms with Crippen molar-refractivity contribution in [2.75, 3.05) is 18.5 Å². The zero-order valence-corrected chi connectivity index (χ0v) is 10.5. The largest absolute Gasteiger partial charge is 0.359 e. The number of nitriles is 1. The Kier molecular flexibility index (Phi) is 3.58. The van der Waals surface area contributed by atoms with Crippen LogP contribution in [0, 0.1) is 18.3 Å². The number of imidazole rings is 1. The van der Waals surface area contributed by atoms with Gasteiger partial charge in [0.1, 0.15) is 11.9 Å². The summed E-state index contributed by atoms with van der Waals surface area (Å²) in [6.07, 6.45) is 4.39. The number of aryl methyl sites for hydroxylation is 1. The summed E-state index contributed by atoms with van der Waals surface area (Å²) >= 11 is 0. The van der Waals surface area contributed by atoms with Crippen LogP contribution in [0.5, 0.6) is 0 Å². The molecule has 0 unspecified atom stereocenters. The van der Waals surface area contributed by atoms with E-state index in [9.17, 15) is 0 Å². The summed E-state index contributed by atoms with van der Waals surface area (Å²) in [7, 11) is 1.99. The number of aromatic nitrogens is 3. The predicted molar refractivity (Wildman–Crippen MR) is 69.3 cm³/mol.